The average Bonchev–Trinajstić information content (AvgIpc) is 1.87. The normalized spacial score (nSPS) is 12.7. The zero-order chi connectivity index (χ0) is 7.28. The highest BCUT2D eigenvalue weighted by molar-refractivity contribution is 5.81. The summed E-state index contributed by atoms with van der Waals surface area (Å²) < 4.78 is 0. The van der Waals surface area contributed by atoms with Crippen molar-refractivity contribution in [3.63, 3.8) is 0 Å². The van der Waals surface area contributed by atoms with Crippen molar-refractivity contribution in [3.05, 3.63) is 12.7 Å². The van der Waals surface area contributed by atoms with Crippen LogP contribution in [0.5, 0.6) is 0 Å². The predicted octanol–water partition coefficient (Wildman–Crippen LogP) is 2.18. The first kappa shape index (κ1) is 8.41. The van der Waals surface area contributed by atoms with E-state index in [1.165, 1.54) is 0 Å². The molecule has 0 saturated carbocycles. The molecule has 0 aliphatic carbocycles. The zero-order valence-electron chi connectivity index (χ0n) is 6.18. The van der Waals surface area contributed by atoms with Crippen molar-refractivity contribution in [2.24, 2.45) is 5.92 Å². The van der Waals surface area contributed by atoms with E-state index < -0.39 is 0 Å². The molecule has 0 radical (unpaired) electrons. The van der Waals surface area contributed by atoms with E-state index in [2.05, 4.69) is 6.58 Å². The molecular weight excluding hydrogens is 112 g/mol. The van der Waals surface area contributed by atoms with Gasteiger partial charge in [-0.3, -0.25) is 4.79 Å². The molecule has 52 valence electrons. The maximum Gasteiger partial charge on any atom is 0.139 e. The van der Waals surface area contributed by atoms with E-state index in [9.17, 15) is 4.79 Å². The van der Waals surface area contributed by atoms with Crippen LogP contribution >= 0.6 is 0 Å². The van der Waals surface area contributed by atoms with Gasteiger partial charge in [-0.1, -0.05) is 19.9 Å². The summed E-state index contributed by atoms with van der Waals surface area (Å²) >= 11 is 0. The number of ketones is 1. The molecule has 0 spiro atoms. The highest BCUT2D eigenvalue weighted by Crippen LogP contribution is 2.04. The minimum absolute atomic E-state index is 0.211. The Morgan fingerprint density at radius 3 is 2.67 bits per heavy atom. The summed E-state index contributed by atoms with van der Waals surface area (Å²) in [4.78, 5) is 10.9. The fraction of sp³-hybridized carbons (Fsp3) is 0.625. The van der Waals surface area contributed by atoms with Gasteiger partial charge in [0.25, 0.3) is 0 Å². The summed E-state index contributed by atoms with van der Waals surface area (Å²) in [6, 6.07) is 0. The van der Waals surface area contributed by atoms with Gasteiger partial charge >= 0.3 is 0 Å². The van der Waals surface area contributed by atoms with Crippen LogP contribution in [0.15, 0.2) is 12.7 Å². The third-order valence-electron chi connectivity index (χ3n) is 1.51. The highest BCUT2D eigenvalue weighted by atomic mass is 16.1. The Morgan fingerprint density at radius 2 is 2.33 bits per heavy atom. The third kappa shape index (κ3) is 3.07. The Labute approximate surface area is 56.8 Å². The maximum atomic E-state index is 10.9. The number of rotatable bonds is 4. The molecular formula is C8H14O. The molecule has 1 atom stereocenters. The van der Waals surface area contributed by atoms with Gasteiger partial charge in [0.1, 0.15) is 5.78 Å². The molecule has 0 rings (SSSR count). The fourth-order valence-corrected chi connectivity index (χ4v) is 0.571. The molecule has 0 amide bonds. The minimum Gasteiger partial charge on any atom is -0.299 e. The zero-order valence-corrected chi connectivity index (χ0v) is 6.18. The SMILES string of the molecule is C=CCC(=O)[C@H](C)CC. The largest absolute Gasteiger partial charge is 0.299 e. The first-order chi connectivity index (χ1) is 4.22. The van der Waals surface area contributed by atoms with Crippen LogP contribution in [0, 0.1) is 5.92 Å². The lowest BCUT2D eigenvalue weighted by Gasteiger charge is -2.02. The average molecular weight is 126 g/mol. The standard InChI is InChI=1S/C8H14O/c1-4-6-8(9)7(3)5-2/h4,7H,1,5-6H2,2-3H3/t7-/m1/s1. The van der Waals surface area contributed by atoms with Crippen LogP contribution in [0.1, 0.15) is 26.7 Å². The number of carbonyl (C=O) groups is 1. The Balaban J connectivity index is 3.58. The van der Waals surface area contributed by atoms with Gasteiger partial charge in [0.2, 0.25) is 0 Å². The Morgan fingerprint density at radius 1 is 1.78 bits per heavy atom. The molecule has 0 saturated heterocycles. The third-order valence-corrected chi connectivity index (χ3v) is 1.51. The van der Waals surface area contributed by atoms with Crippen LogP contribution in [0.3, 0.4) is 0 Å². The monoisotopic (exact) mass is 126 g/mol. The number of carbonyl (C=O) groups excluding carboxylic acids is 1. The summed E-state index contributed by atoms with van der Waals surface area (Å²) in [5.74, 6) is 0.510. The topological polar surface area (TPSA) is 17.1 Å². The van der Waals surface area contributed by atoms with E-state index in [1.54, 1.807) is 6.08 Å². The second-order valence-corrected chi connectivity index (χ2v) is 2.27. The first-order valence-electron chi connectivity index (χ1n) is 3.36. The van der Waals surface area contributed by atoms with Crippen molar-refractivity contribution in [1.82, 2.24) is 0 Å². The van der Waals surface area contributed by atoms with Crippen molar-refractivity contribution in [2.75, 3.05) is 0 Å². The van der Waals surface area contributed by atoms with E-state index in [0.29, 0.717) is 12.2 Å². The minimum atomic E-state index is 0.211. The number of hydrogen-bond donors (Lipinski definition) is 0. The van der Waals surface area contributed by atoms with Gasteiger partial charge in [-0.25, -0.2) is 0 Å². The number of hydrogen-bond acceptors (Lipinski definition) is 1. The summed E-state index contributed by atoms with van der Waals surface area (Å²) in [5, 5.41) is 0. The van der Waals surface area contributed by atoms with Gasteiger partial charge in [0.05, 0.1) is 0 Å². The smallest absolute Gasteiger partial charge is 0.139 e. The molecule has 0 aliphatic rings. The van der Waals surface area contributed by atoms with Crippen LogP contribution < -0.4 is 0 Å². The molecule has 9 heavy (non-hydrogen) atoms. The molecule has 0 aliphatic heterocycles. The van der Waals surface area contributed by atoms with E-state index in [0.717, 1.165) is 6.42 Å². The number of Topliss-reactive ketones (excluding diaryl/α,β-unsaturated/α-hetero) is 1. The summed E-state index contributed by atoms with van der Waals surface area (Å²) in [5.41, 5.74) is 0. The van der Waals surface area contributed by atoms with Crippen molar-refractivity contribution in [3.8, 4) is 0 Å². The van der Waals surface area contributed by atoms with E-state index >= 15 is 0 Å². The fourth-order valence-electron chi connectivity index (χ4n) is 0.571. The molecule has 0 fully saturated rings. The van der Waals surface area contributed by atoms with Gasteiger partial charge in [0.15, 0.2) is 0 Å². The van der Waals surface area contributed by atoms with Crippen LogP contribution in [0.2, 0.25) is 0 Å². The molecule has 1 nitrogen and oxygen atoms in total. The van der Waals surface area contributed by atoms with Gasteiger partial charge < -0.3 is 0 Å². The summed E-state index contributed by atoms with van der Waals surface area (Å²) in [6.07, 6.45) is 3.12. The molecule has 0 aromatic carbocycles. The van der Waals surface area contributed by atoms with Crippen molar-refractivity contribution < 1.29 is 4.79 Å². The highest BCUT2D eigenvalue weighted by Gasteiger charge is 2.06. The lowest BCUT2D eigenvalue weighted by atomic mass is 10.0. The van der Waals surface area contributed by atoms with Crippen molar-refractivity contribution in [1.29, 1.82) is 0 Å². The quantitative estimate of drug-likeness (QED) is 0.528. The molecule has 1 heteroatoms. The van der Waals surface area contributed by atoms with Crippen LogP contribution in [-0.4, -0.2) is 5.78 Å². The Hall–Kier alpha value is -0.590. The van der Waals surface area contributed by atoms with Crippen molar-refractivity contribution >= 4 is 5.78 Å². The van der Waals surface area contributed by atoms with Crippen molar-refractivity contribution in [2.45, 2.75) is 26.7 Å². The first-order valence-corrected chi connectivity index (χ1v) is 3.36. The summed E-state index contributed by atoms with van der Waals surface area (Å²) in [6.45, 7) is 7.47. The predicted molar refractivity (Wildman–Crippen MR) is 39.3 cm³/mol. The molecule has 0 aromatic rings. The molecule has 0 unspecified atom stereocenters. The molecule has 0 bridgehead atoms. The molecule has 0 N–H and O–H groups in total. The summed E-state index contributed by atoms with van der Waals surface area (Å²) in [7, 11) is 0. The second-order valence-electron chi connectivity index (χ2n) is 2.27. The van der Waals surface area contributed by atoms with Gasteiger partial charge in [-0.2, -0.15) is 0 Å². The number of allylic oxidation sites excluding steroid dienone is 1. The van der Waals surface area contributed by atoms with Gasteiger partial charge in [-0.15, -0.1) is 6.58 Å². The van der Waals surface area contributed by atoms with E-state index in [1.807, 2.05) is 13.8 Å². The maximum absolute atomic E-state index is 10.9. The van der Waals surface area contributed by atoms with Gasteiger partial charge in [-0.05, 0) is 6.42 Å². The second kappa shape index (κ2) is 4.30. The molecule has 0 aromatic heterocycles. The Bertz CT molecular complexity index is 105. The van der Waals surface area contributed by atoms with E-state index in [-0.39, 0.29) is 5.92 Å². The van der Waals surface area contributed by atoms with E-state index in [4.69, 9.17) is 0 Å². The van der Waals surface area contributed by atoms with Gasteiger partial charge in [0, 0.05) is 12.3 Å². The van der Waals surface area contributed by atoms with Crippen LogP contribution in [0.25, 0.3) is 0 Å². The lowest BCUT2D eigenvalue weighted by molar-refractivity contribution is -0.121. The van der Waals surface area contributed by atoms with Crippen LogP contribution in [-0.2, 0) is 4.79 Å². The lowest BCUT2D eigenvalue weighted by Crippen LogP contribution is -2.07. The Kier molecular flexibility index (Phi) is 4.02. The van der Waals surface area contributed by atoms with Crippen LogP contribution in [0.4, 0.5) is 0 Å². The molecule has 0 heterocycles.